The van der Waals surface area contributed by atoms with Gasteiger partial charge in [-0.3, -0.25) is 23.5 Å². The number of aromatic nitrogens is 2. The van der Waals surface area contributed by atoms with E-state index < -0.39 is 22.8 Å². The summed E-state index contributed by atoms with van der Waals surface area (Å²) in [5.74, 6) is -0.913. The highest BCUT2D eigenvalue weighted by Crippen LogP contribution is 2.08. The minimum absolute atomic E-state index is 0.318. The smallest absolute Gasteiger partial charge is 0.320 e. The molecule has 0 unspecified atom stereocenters. The number of hydrogen-bond donors (Lipinski definition) is 1. The van der Waals surface area contributed by atoms with Gasteiger partial charge in [0.2, 0.25) is 5.91 Å². The van der Waals surface area contributed by atoms with Crippen LogP contribution in [0.1, 0.15) is 0 Å². The van der Waals surface area contributed by atoms with Gasteiger partial charge in [0.1, 0.15) is 12.4 Å². The minimum atomic E-state index is -0.805. The van der Waals surface area contributed by atoms with Crippen molar-refractivity contribution in [3.05, 3.63) is 93.5 Å². The van der Waals surface area contributed by atoms with Crippen LogP contribution in [0.3, 0.4) is 0 Å². The van der Waals surface area contributed by atoms with Gasteiger partial charge in [-0.25, -0.2) is 4.39 Å². The molecule has 126 valence electrons. The van der Waals surface area contributed by atoms with Crippen molar-refractivity contribution in [2.24, 2.45) is 0 Å². The third-order valence-electron chi connectivity index (χ3n) is 3.53. The Morgan fingerprint density at radius 2 is 1.60 bits per heavy atom. The van der Waals surface area contributed by atoms with Crippen LogP contribution >= 0.6 is 0 Å². The molecule has 1 amide bonds. The van der Waals surface area contributed by atoms with Crippen LogP contribution in [-0.2, 0) is 11.3 Å². The summed E-state index contributed by atoms with van der Waals surface area (Å²) in [4.78, 5) is 36.4. The van der Waals surface area contributed by atoms with Crippen LogP contribution in [0, 0.1) is 5.82 Å². The SMILES string of the molecule is O=C(Cn1ccn(-c2ccccc2)c(=O)c1=O)Nc1ccc(F)cc1. The Kier molecular flexibility index (Phi) is 4.56. The third-order valence-corrected chi connectivity index (χ3v) is 3.53. The number of amides is 1. The molecule has 3 rings (SSSR count). The molecule has 0 atom stereocenters. The average Bonchev–Trinajstić information content (AvgIpc) is 2.62. The maximum atomic E-state index is 12.9. The Morgan fingerprint density at radius 3 is 2.28 bits per heavy atom. The van der Waals surface area contributed by atoms with E-state index in [4.69, 9.17) is 0 Å². The second-order valence-electron chi connectivity index (χ2n) is 5.30. The molecular formula is C18H14FN3O3. The number of nitrogens with one attached hydrogen (secondary N) is 1. The standard InChI is InChI=1S/C18H14FN3O3/c19-13-6-8-14(9-7-13)20-16(23)12-21-10-11-22(18(25)17(21)24)15-4-2-1-3-5-15/h1-11H,12H2,(H,20,23). The number of rotatable bonds is 4. The van der Waals surface area contributed by atoms with Gasteiger partial charge in [-0.1, -0.05) is 18.2 Å². The van der Waals surface area contributed by atoms with Crippen LogP contribution in [0.15, 0.2) is 76.6 Å². The van der Waals surface area contributed by atoms with Gasteiger partial charge in [0, 0.05) is 23.8 Å². The monoisotopic (exact) mass is 339 g/mol. The van der Waals surface area contributed by atoms with Gasteiger partial charge in [-0.15, -0.1) is 0 Å². The first-order chi connectivity index (χ1) is 12.0. The number of hydrogen-bond acceptors (Lipinski definition) is 3. The molecule has 3 aromatic rings. The number of carbonyl (C=O) groups is 1. The van der Waals surface area contributed by atoms with Gasteiger partial charge < -0.3 is 5.32 Å². The highest BCUT2D eigenvalue weighted by molar-refractivity contribution is 5.90. The average molecular weight is 339 g/mol. The van der Waals surface area contributed by atoms with E-state index >= 15 is 0 Å². The van der Waals surface area contributed by atoms with Crippen molar-refractivity contribution in [2.75, 3.05) is 5.32 Å². The topological polar surface area (TPSA) is 73.1 Å². The Bertz CT molecular complexity index is 1010. The minimum Gasteiger partial charge on any atom is -0.325 e. The van der Waals surface area contributed by atoms with E-state index in [1.54, 1.807) is 30.3 Å². The second kappa shape index (κ2) is 6.96. The molecule has 7 heteroatoms. The van der Waals surface area contributed by atoms with Gasteiger partial charge >= 0.3 is 11.1 Å². The summed E-state index contributed by atoms with van der Waals surface area (Å²) in [7, 11) is 0. The number of carbonyl (C=O) groups excluding carboxylic acids is 1. The molecular weight excluding hydrogens is 325 g/mol. The van der Waals surface area contributed by atoms with Crippen molar-refractivity contribution in [3.8, 4) is 5.69 Å². The van der Waals surface area contributed by atoms with E-state index in [9.17, 15) is 18.8 Å². The second-order valence-corrected chi connectivity index (χ2v) is 5.30. The number of para-hydroxylation sites is 1. The highest BCUT2D eigenvalue weighted by Gasteiger charge is 2.10. The van der Waals surface area contributed by atoms with Gasteiger partial charge in [0.25, 0.3) is 0 Å². The summed E-state index contributed by atoms with van der Waals surface area (Å²) < 4.78 is 15.1. The zero-order valence-electron chi connectivity index (χ0n) is 13.1. The predicted octanol–water partition coefficient (Wildman–Crippen LogP) is 1.78. The van der Waals surface area contributed by atoms with Crippen LogP contribution in [0.4, 0.5) is 10.1 Å². The molecule has 25 heavy (non-hydrogen) atoms. The quantitative estimate of drug-likeness (QED) is 0.737. The lowest BCUT2D eigenvalue weighted by atomic mass is 10.3. The maximum absolute atomic E-state index is 12.9. The Hall–Kier alpha value is -3.48. The fourth-order valence-electron chi connectivity index (χ4n) is 2.31. The van der Waals surface area contributed by atoms with Crippen molar-refractivity contribution in [1.82, 2.24) is 9.13 Å². The van der Waals surface area contributed by atoms with Crippen molar-refractivity contribution in [3.63, 3.8) is 0 Å². The molecule has 0 fully saturated rings. The van der Waals surface area contributed by atoms with Gasteiger partial charge in [0.05, 0.1) is 0 Å². The lowest BCUT2D eigenvalue weighted by molar-refractivity contribution is -0.116. The first kappa shape index (κ1) is 16.4. The highest BCUT2D eigenvalue weighted by atomic mass is 19.1. The molecule has 0 bridgehead atoms. The predicted molar refractivity (Wildman–Crippen MR) is 91.3 cm³/mol. The van der Waals surface area contributed by atoms with Crippen LogP contribution in [-0.4, -0.2) is 15.0 Å². The van der Waals surface area contributed by atoms with Crippen molar-refractivity contribution in [2.45, 2.75) is 6.54 Å². The summed E-state index contributed by atoms with van der Waals surface area (Å²) in [5, 5.41) is 2.54. The largest absolute Gasteiger partial charge is 0.325 e. The molecule has 0 aliphatic carbocycles. The lowest BCUT2D eigenvalue weighted by Crippen LogP contribution is -2.41. The van der Waals surface area contributed by atoms with Gasteiger partial charge in [-0.2, -0.15) is 0 Å². The Morgan fingerprint density at radius 1 is 0.920 bits per heavy atom. The van der Waals surface area contributed by atoms with Crippen molar-refractivity contribution < 1.29 is 9.18 Å². The fourth-order valence-corrected chi connectivity index (χ4v) is 2.31. The summed E-state index contributed by atoms with van der Waals surface area (Å²) in [6.45, 7) is -0.318. The molecule has 0 spiro atoms. The van der Waals surface area contributed by atoms with Crippen LogP contribution in [0.25, 0.3) is 5.69 Å². The normalized spacial score (nSPS) is 10.4. The maximum Gasteiger partial charge on any atom is 0.320 e. The number of nitrogens with zero attached hydrogens (tertiary/aromatic N) is 2. The number of halogens is 1. The summed E-state index contributed by atoms with van der Waals surface area (Å²) in [6, 6.07) is 13.9. The molecule has 1 N–H and O–H groups in total. The van der Waals surface area contributed by atoms with Crippen LogP contribution in [0.2, 0.25) is 0 Å². The van der Waals surface area contributed by atoms with Crippen molar-refractivity contribution in [1.29, 1.82) is 0 Å². The zero-order chi connectivity index (χ0) is 17.8. The molecule has 0 saturated carbocycles. The lowest BCUT2D eigenvalue weighted by Gasteiger charge is -2.09. The molecule has 0 radical (unpaired) electrons. The number of anilines is 1. The van der Waals surface area contributed by atoms with Gasteiger partial charge in [-0.05, 0) is 36.4 Å². The zero-order valence-corrected chi connectivity index (χ0v) is 13.1. The summed E-state index contributed by atoms with van der Waals surface area (Å²) in [5.41, 5.74) is -0.589. The van der Waals surface area contributed by atoms with E-state index in [1.165, 1.54) is 41.2 Å². The first-order valence-electron chi connectivity index (χ1n) is 7.47. The molecule has 1 aromatic heterocycles. The molecule has 0 aliphatic heterocycles. The van der Waals surface area contributed by atoms with E-state index in [-0.39, 0.29) is 6.54 Å². The Balaban J connectivity index is 1.80. The fraction of sp³-hybridized carbons (Fsp3) is 0.0556. The molecule has 0 saturated heterocycles. The summed E-state index contributed by atoms with van der Waals surface area (Å²) >= 11 is 0. The van der Waals surface area contributed by atoms with Gasteiger partial charge in [0.15, 0.2) is 0 Å². The van der Waals surface area contributed by atoms with Crippen LogP contribution < -0.4 is 16.4 Å². The van der Waals surface area contributed by atoms with E-state index in [2.05, 4.69) is 5.32 Å². The third kappa shape index (κ3) is 3.72. The number of benzene rings is 2. The summed E-state index contributed by atoms with van der Waals surface area (Å²) in [6.07, 6.45) is 2.81. The van der Waals surface area contributed by atoms with Crippen LogP contribution in [0.5, 0.6) is 0 Å². The Labute approximate surface area is 141 Å². The molecule has 2 aromatic carbocycles. The van der Waals surface area contributed by atoms with E-state index in [1.807, 2.05) is 0 Å². The molecule has 1 heterocycles. The molecule has 6 nitrogen and oxygen atoms in total. The van der Waals surface area contributed by atoms with Crippen molar-refractivity contribution >= 4 is 11.6 Å². The van der Waals surface area contributed by atoms with E-state index in [0.29, 0.717) is 11.4 Å². The first-order valence-corrected chi connectivity index (χ1v) is 7.47. The molecule has 0 aliphatic rings. The van der Waals surface area contributed by atoms with E-state index in [0.717, 1.165) is 4.57 Å².